The van der Waals surface area contributed by atoms with Crippen LogP contribution in [0.4, 0.5) is 0 Å². The number of hydrogen-bond acceptors (Lipinski definition) is 2. The molecule has 0 spiro atoms. The molecule has 1 rings (SSSR count). The lowest BCUT2D eigenvalue weighted by atomic mass is 9.95. The topological polar surface area (TPSA) is 29.3 Å². The van der Waals surface area contributed by atoms with Gasteiger partial charge >= 0.3 is 0 Å². The van der Waals surface area contributed by atoms with Crippen molar-refractivity contribution in [2.45, 2.75) is 52.5 Å². The van der Waals surface area contributed by atoms with Crippen LogP contribution in [0.5, 0.6) is 0 Å². The van der Waals surface area contributed by atoms with Gasteiger partial charge in [-0.05, 0) is 58.0 Å². The number of nitrogens with zero attached hydrogens (tertiary/aromatic N) is 1. The van der Waals surface area contributed by atoms with Crippen LogP contribution in [0, 0.1) is 11.8 Å². The Labute approximate surface area is 95.2 Å². The lowest BCUT2D eigenvalue weighted by Crippen LogP contribution is -2.33. The van der Waals surface area contributed by atoms with Crippen molar-refractivity contribution >= 4 is 0 Å². The molecule has 0 aromatic rings. The highest BCUT2D eigenvalue weighted by Crippen LogP contribution is 2.23. The van der Waals surface area contributed by atoms with Crippen molar-refractivity contribution in [1.29, 1.82) is 0 Å². The van der Waals surface area contributed by atoms with E-state index in [1.54, 1.807) is 0 Å². The minimum Gasteiger partial charge on any atom is -0.326 e. The van der Waals surface area contributed by atoms with E-state index in [4.69, 9.17) is 5.73 Å². The van der Waals surface area contributed by atoms with Crippen LogP contribution in [-0.4, -0.2) is 30.1 Å². The van der Waals surface area contributed by atoms with Crippen molar-refractivity contribution in [3.05, 3.63) is 0 Å². The Balaban J connectivity index is 2.14. The molecule has 1 saturated heterocycles. The molecule has 2 heteroatoms. The molecule has 0 aromatic carbocycles. The molecule has 2 N–H and O–H groups in total. The molecule has 1 unspecified atom stereocenters. The maximum Gasteiger partial charge on any atom is 0.00975 e. The van der Waals surface area contributed by atoms with Gasteiger partial charge in [-0.3, -0.25) is 0 Å². The van der Waals surface area contributed by atoms with Crippen molar-refractivity contribution in [1.82, 2.24) is 4.90 Å². The van der Waals surface area contributed by atoms with Crippen LogP contribution in [0.25, 0.3) is 0 Å². The summed E-state index contributed by atoms with van der Waals surface area (Å²) in [5.41, 5.74) is 5.99. The number of nitrogens with two attached hydrogens (primary N) is 1. The van der Waals surface area contributed by atoms with E-state index in [1.807, 2.05) is 0 Å². The van der Waals surface area contributed by atoms with Crippen molar-refractivity contribution < 1.29 is 0 Å². The Morgan fingerprint density at radius 1 is 1.40 bits per heavy atom. The maximum absolute atomic E-state index is 5.98. The normalized spacial score (nSPS) is 24.0. The first-order valence-corrected chi connectivity index (χ1v) is 6.40. The summed E-state index contributed by atoms with van der Waals surface area (Å²) in [4.78, 5) is 2.61. The number of likely N-dealkylation sites (tertiary alicyclic amines) is 1. The molecule has 2 nitrogen and oxygen atoms in total. The summed E-state index contributed by atoms with van der Waals surface area (Å²) in [6.45, 7) is 12.8. The Morgan fingerprint density at radius 2 is 2.07 bits per heavy atom. The lowest BCUT2D eigenvalue weighted by molar-refractivity contribution is 0.287. The van der Waals surface area contributed by atoms with E-state index in [2.05, 4.69) is 32.6 Å². The summed E-state index contributed by atoms with van der Waals surface area (Å²) in [7, 11) is 0. The molecule has 0 bridgehead atoms. The summed E-state index contributed by atoms with van der Waals surface area (Å²) in [6, 6.07) is 0. The van der Waals surface area contributed by atoms with Crippen molar-refractivity contribution in [2.75, 3.05) is 19.6 Å². The predicted octanol–water partition coefficient (Wildman–Crippen LogP) is 2.48. The molecular formula is C13H28N2. The van der Waals surface area contributed by atoms with Crippen molar-refractivity contribution in [2.24, 2.45) is 17.6 Å². The molecule has 15 heavy (non-hydrogen) atoms. The second kappa shape index (κ2) is 5.31. The molecular weight excluding hydrogens is 184 g/mol. The van der Waals surface area contributed by atoms with Gasteiger partial charge in [0.25, 0.3) is 0 Å². The third-order valence-electron chi connectivity index (χ3n) is 3.55. The first-order chi connectivity index (χ1) is 6.88. The van der Waals surface area contributed by atoms with E-state index in [0.29, 0.717) is 0 Å². The molecule has 0 radical (unpaired) electrons. The Hall–Kier alpha value is -0.0800. The van der Waals surface area contributed by atoms with E-state index < -0.39 is 0 Å². The van der Waals surface area contributed by atoms with Crippen LogP contribution >= 0.6 is 0 Å². The van der Waals surface area contributed by atoms with Gasteiger partial charge in [-0.25, -0.2) is 0 Å². The van der Waals surface area contributed by atoms with Gasteiger partial charge in [0.05, 0.1) is 0 Å². The summed E-state index contributed by atoms with van der Waals surface area (Å²) in [6.07, 6.45) is 3.77. The molecule has 0 saturated carbocycles. The Kier molecular flexibility index (Phi) is 4.60. The van der Waals surface area contributed by atoms with Gasteiger partial charge in [0.1, 0.15) is 0 Å². The summed E-state index contributed by atoms with van der Waals surface area (Å²) < 4.78 is 0. The molecule has 0 aromatic heterocycles. The minimum absolute atomic E-state index is 0.0111. The standard InChI is InChI=1S/C13H28N2/c1-11(2)12-6-9-15(10-12)8-5-7-13(3,4)14/h11-12H,5-10,14H2,1-4H3. The zero-order valence-electron chi connectivity index (χ0n) is 10.9. The average molecular weight is 212 g/mol. The summed E-state index contributed by atoms with van der Waals surface area (Å²) >= 11 is 0. The zero-order chi connectivity index (χ0) is 11.5. The fourth-order valence-electron chi connectivity index (χ4n) is 2.37. The van der Waals surface area contributed by atoms with Crippen LogP contribution < -0.4 is 5.73 Å². The highest BCUT2D eigenvalue weighted by Gasteiger charge is 2.24. The first-order valence-electron chi connectivity index (χ1n) is 6.40. The monoisotopic (exact) mass is 212 g/mol. The van der Waals surface area contributed by atoms with Crippen LogP contribution in [0.15, 0.2) is 0 Å². The Bertz CT molecular complexity index is 181. The van der Waals surface area contributed by atoms with Crippen LogP contribution in [0.1, 0.15) is 47.0 Å². The first kappa shape index (κ1) is 13.0. The highest BCUT2D eigenvalue weighted by molar-refractivity contribution is 4.79. The lowest BCUT2D eigenvalue weighted by Gasteiger charge is -2.21. The van der Waals surface area contributed by atoms with Gasteiger partial charge in [-0.15, -0.1) is 0 Å². The van der Waals surface area contributed by atoms with Crippen molar-refractivity contribution in [3.8, 4) is 0 Å². The van der Waals surface area contributed by atoms with E-state index in [0.717, 1.165) is 18.3 Å². The van der Waals surface area contributed by atoms with E-state index >= 15 is 0 Å². The molecule has 1 atom stereocenters. The molecule has 1 aliphatic heterocycles. The van der Waals surface area contributed by atoms with Gasteiger partial charge in [0.2, 0.25) is 0 Å². The minimum atomic E-state index is 0.0111. The largest absolute Gasteiger partial charge is 0.326 e. The fraction of sp³-hybridized carbons (Fsp3) is 1.00. The van der Waals surface area contributed by atoms with Crippen LogP contribution in [0.3, 0.4) is 0 Å². The number of hydrogen-bond donors (Lipinski definition) is 1. The SMILES string of the molecule is CC(C)C1CCN(CCCC(C)(C)N)C1. The second-order valence-electron chi connectivity index (χ2n) is 6.19. The van der Waals surface area contributed by atoms with E-state index in [9.17, 15) is 0 Å². The maximum atomic E-state index is 5.98. The fourth-order valence-corrected chi connectivity index (χ4v) is 2.37. The summed E-state index contributed by atoms with van der Waals surface area (Å²) in [5.74, 6) is 1.77. The van der Waals surface area contributed by atoms with Gasteiger partial charge in [0, 0.05) is 12.1 Å². The highest BCUT2D eigenvalue weighted by atomic mass is 15.1. The van der Waals surface area contributed by atoms with Gasteiger partial charge < -0.3 is 10.6 Å². The van der Waals surface area contributed by atoms with Crippen LogP contribution in [-0.2, 0) is 0 Å². The van der Waals surface area contributed by atoms with E-state index in [1.165, 1.54) is 32.5 Å². The Morgan fingerprint density at radius 3 is 2.53 bits per heavy atom. The zero-order valence-corrected chi connectivity index (χ0v) is 10.9. The number of rotatable bonds is 5. The average Bonchev–Trinajstić information content (AvgIpc) is 2.50. The smallest absolute Gasteiger partial charge is 0.00975 e. The van der Waals surface area contributed by atoms with Gasteiger partial charge in [-0.1, -0.05) is 13.8 Å². The molecule has 1 heterocycles. The molecule has 0 aliphatic carbocycles. The third kappa shape index (κ3) is 4.98. The van der Waals surface area contributed by atoms with Crippen LogP contribution in [0.2, 0.25) is 0 Å². The summed E-state index contributed by atoms with van der Waals surface area (Å²) in [5, 5.41) is 0. The molecule has 1 fully saturated rings. The third-order valence-corrected chi connectivity index (χ3v) is 3.55. The van der Waals surface area contributed by atoms with E-state index in [-0.39, 0.29) is 5.54 Å². The molecule has 1 aliphatic rings. The quantitative estimate of drug-likeness (QED) is 0.758. The van der Waals surface area contributed by atoms with Crippen molar-refractivity contribution in [3.63, 3.8) is 0 Å². The van der Waals surface area contributed by atoms with Gasteiger partial charge in [-0.2, -0.15) is 0 Å². The predicted molar refractivity (Wildman–Crippen MR) is 66.9 cm³/mol. The molecule has 90 valence electrons. The second-order valence-corrected chi connectivity index (χ2v) is 6.19. The van der Waals surface area contributed by atoms with Gasteiger partial charge in [0.15, 0.2) is 0 Å². The molecule has 0 amide bonds.